The summed E-state index contributed by atoms with van der Waals surface area (Å²) < 4.78 is 13.9. The van der Waals surface area contributed by atoms with Crippen molar-refractivity contribution in [3.63, 3.8) is 0 Å². The van der Waals surface area contributed by atoms with E-state index in [1.807, 2.05) is 6.07 Å². The predicted octanol–water partition coefficient (Wildman–Crippen LogP) is 4.53. The molecule has 6 heteroatoms. The lowest BCUT2D eigenvalue weighted by Crippen LogP contribution is -2.30. The van der Waals surface area contributed by atoms with Crippen LogP contribution in [0.4, 0.5) is 4.39 Å². The van der Waals surface area contributed by atoms with E-state index in [0.29, 0.717) is 27.1 Å². The zero-order valence-corrected chi connectivity index (χ0v) is 12.6. The maximum Gasteiger partial charge on any atom is 0.129 e. The van der Waals surface area contributed by atoms with Gasteiger partial charge in [0.1, 0.15) is 5.82 Å². The zero-order valence-electron chi connectivity index (χ0n) is 10.3. The minimum absolute atomic E-state index is 0.344. The molecule has 0 heterocycles. The van der Waals surface area contributed by atoms with E-state index >= 15 is 0 Å². The number of rotatable bonds is 4. The molecule has 0 saturated heterocycles. The average molecular weight is 334 g/mol. The fraction of sp³-hybridized carbons (Fsp3) is 0.143. The van der Waals surface area contributed by atoms with Crippen molar-refractivity contribution in [1.29, 1.82) is 0 Å². The van der Waals surface area contributed by atoms with E-state index in [1.54, 1.807) is 24.3 Å². The highest BCUT2D eigenvalue weighted by atomic mass is 35.5. The summed E-state index contributed by atoms with van der Waals surface area (Å²) in [6.45, 7) is 0. The van der Waals surface area contributed by atoms with Gasteiger partial charge in [-0.1, -0.05) is 46.9 Å². The molecular formula is C14H12Cl3FN2. The van der Waals surface area contributed by atoms with Crippen LogP contribution >= 0.6 is 34.8 Å². The molecule has 106 valence electrons. The number of nitrogens with two attached hydrogens (primary N) is 1. The lowest BCUT2D eigenvalue weighted by atomic mass is 9.99. The molecule has 2 aromatic carbocycles. The number of hydrazine groups is 1. The molecule has 2 rings (SSSR count). The van der Waals surface area contributed by atoms with Crippen LogP contribution in [-0.4, -0.2) is 0 Å². The fourth-order valence-electron chi connectivity index (χ4n) is 1.95. The Bertz CT molecular complexity index is 619. The second-order valence-electron chi connectivity index (χ2n) is 4.34. The van der Waals surface area contributed by atoms with E-state index in [0.717, 1.165) is 5.56 Å². The summed E-state index contributed by atoms with van der Waals surface area (Å²) in [5, 5.41) is 1.28. The van der Waals surface area contributed by atoms with Gasteiger partial charge in [-0.25, -0.2) is 4.39 Å². The Hall–Kier alpha value is -0.840. The first-order valence-corrected chi connectivity index (χ1v) is 6.99. The molecule has 0 aliphatic carbocycles. The highest BCUT2D eigenvalue weighted by Gasteiger charge is 2.16. The number of halogens is 4. The molecule has 0 fully saturated rings. The van der Waals surface area contributed by atoms with Gasteiger partial charge < -0.3 is 0 Å². The Labute approximate surface area is 131 Å². The fourth-order valence-corrected chi connectivity index (χ4v) is 2.42. The van der Waals surface area contributed by atoms with Crippen LogP contribution in [0.25, 0.3) is 0 Å². The Morgan fingerprint density at radius 2 is 1.80 bits per heavy atom. The van der Waals surface area contributed by atoms with Gasteiger partial charge in [-0.2, -0.15) is 0 Å². The van der Waals surface area contributed by atoms with Crippen LogP contribution in [-0.2, 0) is 6.42 Å². The molecule has 1 atom stereocenters. The Kier molecular flexibility index (Phi) is 5.24. The molecule has 3 N–H and O–H groups in total. The van der Waals surface area contributed by atoms with Gasteiger partial charge in [0, 0.05) is 10.6 Å². The number of hydrogen-bond acceptors (Lipinski definition) is 2. The lowest BCUT2D eigenvalue weighted by Gasteiger charge is -2.17. The smallest absolute Gasteiger partial charge is 0.129 e. The van der Waals surface area contributed by atoms with E-state index < -0.39 is 5.82 Å². The Balaban J connectivity index is 2.26. The second-order valence-corrected chi connectivity index (χ2v) is 5.59. The van der Waals surface area contributed by atoms with Crippen molar-refractivity contribution < 1.29 is 4.39 Å². The van der Waals surface area contributed by atoms with Crippen LogP contribution in [0.1, 0.15) is 17.2 Å². The summed E-state index contributed by atoms with van der Waals surface area (Å²) in [7, 11) is 0. The van der Waals surface area contributed by atoms with Crippen LogP contribution in [0.2, 0.25) is 15.1 Å². The molecule has 2 aromatic rings. The van der Waals surface area contributed by atoms with Crippen LogP contribution < -0.4 is 11.3 Å². The maximum atomic E-state index is 13.9. The quantitative estimate of drug-likeness (QED) is 0.637. The standard InChI is InChI=1S/C14H12Cl3FN2/c15-9-2-3-10(13(18)7-9)14(20-19)6-8-1-4-11(16)12(17)5-8/h1-5,7,14,20H,6,19H2. The second kappa shape index (κ2) is 6.74. The van der Waals surface area contributed by atoms with Gasteiger partial charge in [-0.15, -0.1) is 0 Å². The van der Waals surface area contributed by atoms with E-state index in [2.05, 4.69) is 5.43 Å². The zero-order chi connectivity index (χ0) is 14.7. The van der Waals surface area contributed by atoms with E-state index in [1.165, 1.54) is 6.07 Å². The highest BCUT2D eigenvalue weighted by Crippen LogP contribution is 2.27. The Morgan fingerprint density at radius 1 is 1.05 bits per heavy atom. The van der Waals surface area contributed by atoms with Crippen molar-refractivity contribution >= 4 is 34.8 Å². The van der Waals surface area contributed by atoms with Crippen LogP contribution in [0.5, 0.6) is 0 Å². The summed E-state index contributed by atoms with van der Waals surface area (Å²) >= 11 is 17.6. The lowest BCUT2D eigenvalue weighted by molar-refractivity contribution is 0.510. The number of hydrogen-bond donors (Lipinski definition) is 2. The van der Waals surface area contributed by atoms with Crippen LogP contribution in [0.15, 0.2) is 36.4 Å². The third-order valence-electron chi connectivity index (χ3n) is 2.96. The molecular weight excluding hydrogens is 322 g/mol. The van der Waals surface area contributed by atoms with Crippen molar-refractivity contribution in [2.75, 3.05) is 0 Å². The number of benzene rings is 2. The summed E-state index contributed by atoms with van der Waals surface area (Å²) in [5.41, 5.74) is 3.95. The average Bonchev–Trinajstić information content (AvgIpc) is 2.41. The Morgan fingerprint density at radius 3 is 2.40 bits per heavy atom. The number of nitrogens with one attached hydrogen (secondary N) is 1. The predicted molar refractivity (Wildman–Crippen MR) is 81.6 cm³/mol. The van der Waals surface area contributed by atoms with E-state index in [4.69, 9.17) is 40.6 Å². The molecule has 0 radical (unpaired) electrons. The molecule has 0 aliphatic heterocycles. The molecule has 0 spiro atoms. The van der Waals surface area contributed by atoms with E-state index in [-0.39, 0.29) is 6.04 Å². The first kappa shape index (κ1) is 15.5. The maximum absolute atomic E-state index is 13.9. The molecule has 0 saturated carbocycles. The van der Waals surface area contributed by atoms with Gasteiger partial charge in [-0.05, 0) is 36.2 Å². The molecule has 20 heavy (non-hydrogen) atoms. The van der Waals surface area contributed by atoms with Crippen LogP contribution in [0, 0.1) is 5.82 Å². The largest absolute Gasteiger partial charge is 0.271 e. The van der Waals surface area contributed by atoms with Gasteiger partial charge in [0.15, 0.2) is 0 Å². The minimum atomic E-state index is -0.402. The molecule has 0 amide bonds. The van der Waals surface area contributed by atoms with Crippen molar-refractivity contribution in [1.82, 2.24) is 5.43 Å². The molecule has 0 bridgehead atoms. The van der Waals surface area contributed by atoms with Crippen molar-refractivity contribution in [3.8, 4) is 0 Å². The van der Waals surface area contributed by atoms with Gasteiger partial charge in [0.05, 0.1) is 16.1 Å². The normalized spacial score (nSPS) is 12.4. The summed E-state index contributed by atoms with van der Waals surface area (Å²) in [4.78, 5) is 0. The summed E-state index contributed by atoms with van der Waals surface area (Å²) in [6.07, 6.45) is 0.478. The van der Waals surface area contributed by atoms with Gasteiger partial charge in [0.2, 0.25) is 0 Å². The van der Waals surface area contributed by atoms with Gasteiger partial charge in [-0.3, -0.25) is 11.3 Å². The third kappa shape index (κ3) is 3.62. The molecule has 2 nitrogen and oxygen atoms in total. The molecule has 0 aromatic heterocycles. The molecule has 1 unspecified atom stereocenters. The first-order valence-electron chi connectivity index (χ1n) is 5.86. The van der Waals surface area contributed by atoms with E-state index in [9.17, 15) is 4.39 Å². The minimum Gasteiger partial charge on any atom is -0.271 e. The third-order valence-corrected chi connectivity index (χ3v) is 3.94. The van der Waals surface area contributed by atoms with Gasteiger partial charge >= 0.3 is 0 Å². The van der Waals surface area contributed by atoms with Gasteiger partial charge in [0.25, 0.3) is 0 Å². The highest BCUT2D eigenvalue weighted by molar-refractivity contribution is 6.42. The monoisotopic (exact) mass is 332 g/mol. The summed E-state index contributed by atoms with van der Waals surface area (Å²) in [6, 6.07) is 9.37. The molecule has 0 aliphatic rings. The van der Waals surface area contributed by atoms with Crippen molar-refractivity contribution in [3.05, 3.63) is 68.4 Å². The van der Waals surface area contributed by atoms with Crippen molar-refractivity contribution in [2.45, 2.75) is 12.5 Å². The SMILES string of the molecule is NNC(Cc1ccc(Cl)c(Cl)c1)c1ccc(Cl)cc1F. The first-order chi connectivity index (χ1) is 9.51. The van der Waals surface area contributed by atoms with Crippen LogP contribution in [0.3, 0.4) is 0 Å². The summed E-state index contributed by atoms with van der Waals surface area (Å²) in [5.74, 6) is 5.12. The topological polar surface area (TPSA) is 38.0 Å². The van der Waals surface area contributed by atoms with Crippen molar-refractivity contribution in [2.24, 2.45) is 5.84 Å².